The van der Waals surface area contributed by atoms with Crippen LogP contribution in [0.3, 0.4) is 0 Å². The minimum atomic E-state index is -0.00603. The number of para-hydroxylation sites is 2. The van der Waals surface area contributed by atoms with Crippen LogP contribution in [0.4, 0.5) is 0 Å². The van der Waals surface area contributed by atoms with Crippen molar-refractivity contribution in [3.8, 4) is 17.2 Å². The number of aldehydes is 1. The topological polar surface area (TPSA) is 77.5 Å². The second-order valence-corrected chi connectivity index (χ2v) is 6.66. The lowest BCUT2D eigenvalue weighted by Gasteiger charge is -2.22. The molecule has 0 radical (unpaired) electrons. The molecule has 2 aromatic rings. The third-order valence-electron chi connectivity index (χ3n) is 4.55. The molecule has 1 aliphatic heterocycles. The number of carbonyl (C=O) groups is 1. The first-order chi connectivity index (χ1) is 14.3. The fourth-order valence-electron chi connectivity index (χ4n) is 3.03. The lowest BCUT2D eigenvalue weighted by atomic mass is 10.1. The first-order valence-corrected chi connectivity index (χ1v) is 9.76. The van der Waals surface area contributed by atoms with Crippen LogP contribution in [0, 0.1) is 0 Å². The van der Waals surface area contributed by atoms with Crippen molar-refractivity contribution in [3.63, 3.8) is 0 Å². The number of carbonyl (C=O) groups excluding carboxylic acids is 1. The highest BCUT2D eigenvalue weighted by molar-refractivity contribution is 5.79. The van der Waals surface area contributed by atoms with E-state index in [1.807, 2.05) is 30.3 Å². The quantitative estimate of drug-likeness (QED) is 0.792. The highest BCUT2D eigenvalue weighted by Crippen LogP contribution is 2.26. The van der Waals surface area contributed by atoms with Gasteiger partial charge in [0.05, 0.1) is 32.0 Å². The van der Waals surface area contributed by atoms with Crippen LogP contribution in [0.15, 0.2) is 42.5 Å². The molecule has 0 fully saturated rings. The second-order valence-electron chi connectivity index (χ2n) is 6.66. The summed E-state index contributed by atoms with van der Waals surface area (Å²) in [5.74, 6) is 1.39. The summed E-state index contributed by atoms with van der Waals surface area (Å²) in [5.41, 5.74) is 1.24. The molecule has 0 spiro atoms. The molecule has 0 saturated heterocycles. The standard InChI is InChI=1S/C22H27NO6/c24-17-19-15-18(5-6-20(19)25)16-23-7-9-26-11-13-28-21-3-1-2-4-22(21)29-14-12-27-10-8-23/h1-6,15,17,25H,7-14,16H2. The summed E-state index contributed by atoms with van der Waals surface area (Å²) in [6.07, 6.45) is 0.662. The van der Waals surface area contributed by atoms with Crippen molar-refractivity contribution in [2.24, 2.45) is 0 Å². The number of benzene rings is 2. The zero-order valence-electron chi connectivity index (χ0n) is 16.4. The number of fused-ring (bicyclic) bond motifs is 1. The Morgan fingerprint density at radius 3 is 2.07 bits per heavy atom. The predicted molar refractivity (Wildman–Crippen MR) is 108 cm³/mol. The van der Waals surface area contributed by atoms with Crippen LogP contribution in [0.25, 0.3) is 0 Å². The molecule has 3 rings (SSSR count). The van der Waals surface area contributed by atoms with Crippen LogP contribution in [-0.2, 0) is 16.0 Å². The number of ether oxygens (including phenoxy) is 4. The van der Waals surface area contributed by atoms with Gasteiger partial charge >= 0.3 is 0 Å². The van der Waals surface area contributed by atoms with Gasteiger partial charge in [0.2, 0.25) is 0 Å². The van der Waals surface area contributed by atoms with E-state index in [-0.39, 0.29) is 5.75 Å². The molecule has 2 aromatic carbocycles. The van der Waals surface area contributed by atoms with Crippen molar-refractivity contribution in [3.05, 3.63) is 53.6 Å². The van der Waals surface area contributed by atoms with E-state index < -0.39 is 0 Å². The van der Waals surface area contributed by atoms with E-state index in [2.05, 4.69) is 4.90 Å². The average molecular weight is 401 g/mol. The molecule has 0 atom stereocenters. The minimum absolute atomic E-state index is 0.00603. The van der Waals surface area contributed by atoms with E-state index in [9.17, 15) is 9.90 Å². The maximum atomic E-state index is 11.1. The Labute approximate surface area is 170 Å². The molecule has 1 N–H and O–H groups in total. The molecule has 0 amide bonds. The van der Waals surface area contributed by atoms with Crippen molar-refractivity contribution in [1.29, 1.82) is 0 Å². The highest BCUT2D eigenvalue weighted by atomic mass is 16.6. The monoisotopic (exact) mass is 401 g/mol. The molecule has 29 heavy (non-hydrogen) atoms. The summed E-state index contributed by atoms with van der Waals surface area (Å²) >= 11 is 0. The number of hydrogen-bond donors (Lipinski definition) is 1. The summed E-state index contributed by atoms with van der Waals surface area (Å²) in [6, 6.07) is 12.6. The highest BCUT2D eigenvalue weighted by Gasteiger charge is 2.10. The Kier molecular flexibility index (Phi) is 8.30. The predicted octanol–water partition coefficient (Wildman–Crippen LogP) is 2.51. The molecule has 0 bridgehead atoms. The van der Waals surface area contributed by atoms with E-state index >= 15 is 0 Å². The van der Waals surface area contributed by atoms with Crippen molar-refractivity contribution < 1.29 is 28.8 Å². The third kappa shape index (κ3) is 6.74. The van der Waals surface area contributed by atoms with Gasteiger partial charge in [0.15, 0.2) is 17.8 Å². The van der Waals surface area contributed by atoms with Crippen LogP contribution in [0.1, 0.15) is 15.9 Å². The van der Waals surface area contributed by atoms with Crippen LogP contribution >= 0.6 is 0 Å². The Bertz CT molecular complexity index is 747. The number of aromatic hydroxyl groups is 1. The van der Waals surface area contributed by atoms with Gasteiger partial charge in [0.1, 0.15) is 19.0 Å². The lowest BCUT2D eigenvalue weighted by Crippen LogP contribution is -2.31. The third-order valence-corrected chi connectivity index (χ3v) is 4.55. The number of nitrogens with zero attached hydrogens (tertiary/aromatic N) is 1. The zero-order valence-corrected chi connectivity index (χ0v) is 16.4. The molecule has 0 aromatic heterocycles. The minimum Gasteiger partial charge on any atom is -0.507 e. The molecule has 7 nitrogen and oxygen atoms in total. The Hall–Kier alpha value is -2.61. The van der Waals surface area contributed by atoms with E-state index in [1.54, 1.807) is 12.1 Å². The maximum Gasteiger partial charge on any atom is 0.161 e. The Morgan fingerprint density at radius 2 is 1.48 bits per heavy atom. The van der Waals surface area contributed by atoms with Gasteiger partial charge in [-0.2, -0.15) is 0 Å². The Morgan fingerprint density at radius 1 is 0.862 bits per heavy atom. The molecular weight excluding hydrogens is 374 g/mol. The van der Waals surface area contributed by atoms with Crippen LogP contribution in [0.5, 0.6) is 17.2 Å². The van der Waals surface area contributed by atoms with E-state index in [1.165, 1.54) is 0 Å². The van der Waals surface area contributed by atoms with Gasteiger partial charge in [-0.15, -0.1) is 0 Å². The molecule has 7 heteroatoms. The van der Waals surface area contributed by atoms with Gasteiger partial charge in [-0.1, -0.05) is 18.2 Å². The van der Waals surface area contributed by atoms with Crippen LogP contribution < -0.4 is 9.47 Å². The molecule has 1 aliphatic rings. The van der Waals surface area contributed by atoms with Crippen molar-refractivity contribution in [1.82, 2.24) is 4.90 Å². The number of phenols is 1. The molecule has 0 saturated carbocycles. The molecule has 0 unspecified atom stereocenters. The first-order valence-electron chi connectivity index (χ1n) is 9.76. The summed E-state index contributed by atoms with van der Waals surface area (Å²) in [7, 11) is 0. The summed E-state index contributed by atoms with van der Waals surface area (Å²) in [5, 5.41) is 9.68. The molecule has 1 heterocycles. The molecule has 156 valence electrons. The van der Waals surface area contributed by atoms with Gasteiger partial charge in [-0.25, -0.2) is 0 Å². The van der Waals surface area contributed by atoms with Gasteiger partial charge in [-0.3, -0.25) is 9.69 Å². The number of rotatable bonds is 3. The first kappa shape index (κ1) is 21.1. The summed E-state index contributed by atoms with van der Waals surface area (Å²) < 4.78 is 22.9. The van der Waals surface area contributed by atoms with Crippen molar-refractivity contribution in [2.45, 2.75) is 6.54 Å². The summed E-state index contributed by atoms with van der Waals surface area (Å²) in [6.45, 7) is 5.02. The fraction of sp³-hybridized carbons (Fsp3) is 0.409. The average Bonchev–Trinajstić information content (AvgIpc) is 2.75. The fourth-order valence-corrected chi connectivity index (χ4v) is 3.03. The van der Waals surface area contributed by atoms with Gasteiger partial charge in [0, 0.05) is 19.6 Å². The van der Waals surface area contributed by atoms with E-state index in [4.69, 9.17) is 18.9 Å². The van der Waals surface area contributed by atoms with Crippen LogP contribution in [0.2, 0.25) is 0 Å². The lowest BCUT2D eigenvalue weighted by molar-refractivity contribution is 0.0574. The summed E-state index contributed by atoms with van der Waals surface area (Å²) in [4.78, 5) is 13.3. The normalized spacial score (nSPS) is 17.1. The van der Waals surface area contributed by atoms with Gasteiger partial charge in [-0.05, 0) is 29.8 Å². The maximum absolute atomic E-state index is 11.1. The van der Waals surface area contributed by atoms with Crippen molar-refractivity contribution >= 4 is 6.29 Å². The SMILES string of the molecule is O=Cc1cc(CN2CCOCCOc3ccccc3OCCOCC2)ccc1O. The number of phenolic OH excluding ortho intramolecular Hbond substituents is 1. The van der Waals surface area contributed by atoms with Crippen LogP contribution in [-0.4, -0.2) is 69.0 Å². The largest absolute Gasteiger partial charge is 0.507 e. The number of hydrogen-bond acceptors (Lipinski definition) is 7. The molecule has 0 aliphatic carbocycles. The smallest absolute Gasteiger partial charge is 0.161 e. The zero-order chi connectivity index (χ0) is 20.3. The van der Waals surface area contributed by atoms with Crippen molar-refractivity contribution in [2.75, 3.05) is 52.7 Å². The van der Waals surface area contributed by atoms with Gasteiger partial charge < -0.3 is 24.1 Å². The van der Waals surface area contributed by atoms with E-state index in [0.29, 0.717) is 82.6 Å². The Balaban J connectivity index is 1.57. The molecular formula is C22H27NO6. The van der Waals surface area contributed by atoms with E-state index in [0.717, 1.165) is 5.56 Å². The second kappa shape index (κ2) is 11.4. The van der Waals surface area contributed by atoms with Gasteiger partial charge in [0.25, 0.3) is 0 Å².